The van der Waals surface area contributed by atoms with Gasteiger partial charge in [0.2, 0.25) is 0 Å². The third-order valence-corrected chi connectivity index (χ3v) is 7.20. The number of aryl methyl sites for hydroxylation is 1. The molecule has 4 aromatic rings. The quantitative estimate of drug-likeness (QED) is 0.505. The van der Waals surface area contributed by atoms with Crippen LogP contribution in [0.3, 0.4) is 0 Å². The van der Waals surface area contributed by atoms with E-state index < -0.39 is 5.82 Å². The highest BCUT2D eigenvalue weighted by atomic mass is 32.1. The molecule has 5 heterocycles. The third-order valence-electron chi connectivity index (χ3n) is 6.16. The highest BCUT2D eigenvalue weighted by molar-refractivity contribution is 7.20. The molecular weight excluding hydrogens is 427 g/mol. The molecule has 1 N–H and O–H groups in total. The van der Waals surface area contributed by atoms with E-state index in [1.54, 1.807) is 23.7 Å². The Morgan fingerprint density at radius 1 is 1.16 bits per heavy atom. The van der Waals surface area contributed by atoms with Gasteiger partial charge in [-0.15, -0.1) is 11.3 Å². The summed E-state index contributed by atoms with van der Waals surface area (Å²) in [6.07, 6.45) is 3.38. The number of carbonyl (C=O) groups excluding carboxylic acids is 1. The first-order valence-electron chi connectivity index (χ1n) is 10.6. The van der Waals surface area contributed by atoms with Crippen molar-refractivity contribution in [2.45, 2.75) is 32.9 Å². The van der Waals surface area contributed by atoms with Crippen LogP contribution >= 0.6 is 11.3 Å². The lowest BCUT2D eigenvalue weighted by Gasteiger charge is -2.42. The van der Waals surface area contributed by atoms with Crippen LogP contribution in [0.2, 0.25) is 0 Å². The minimum absolute atomic E-state index is 0.242. The van der Waals surface area contributed by atoms with Gasteiger partial charge in [-0.25, -0.2) is 14.4 Å². The molecule has 0 radical (unpaired) electrons. The van der Waals surface area contributed by atoms with Crippen molar-refractivity contribution < 1.29 is 9.18 Å². The SMILES string of the molecule is Cc1cn2cc(NC(=O)c3cc4ccc(N5C[C@@H](C)N(C)[C@@H](C)C5)nc4s3)cc(F)c2n1. The molecule has 1 saturated heterocycles. The molecule has 1 aliphatic rings. The zero-order chi connectivity index (χ0) is 22.6. The molecule has 4 aromatic heterocycles. The lowest BCUT2D eigenvalue weighted by atomic mass is 10.1. The van der Waals surface area contributed by atoms with Gasteiger partial charge in [0.25, 0.3) is 5.91 Å². The summed E-state index contributed by atoms with van der Waals surface area (Å²) in [5, 5.41) is 3.72. The van der Waals surface area contributed by atoms with Gasteiger partial charge in [-0.1, -0.05) is 0 Å². The summed E-state index contributed by atoms with van der Waals surface area (Å²) in [5.74, 6) is 0.169. The minimum Gasteiger partial charge on any atom is -0.353 e. The van der Waals surface area contributed by atoms with Gasteiger partial charge in [0.15, 0.2) is 11.5 Å². The molecule has 1 aliphatic heterocycles. The Morgan fingerprint density at radius 3 is 2.66 bits per heavy atom. The molecule has 7 nitrogen and oxygen atoms in total. The van der Waals surface area contributed by atoms with Gasteiger partial charge in [-0.3, -0.25) is 9.69 Å². The van der Waals surface area contributed by atoms with Crippen molar-refractivity contribution in [3.8, 4) is 0 Å². The van der Waals surface area contributed by atoms with E-state index in [2.05, 4.69) is 41.0 Å². The topological polar surface area (TPSA) is 65.8 Å². The zero-order valence-electron chi connectivity index (χ0n) is 18.5. The van der Waals surface area contributed by atoms with Crippen molar-refractivity contribution >= 4 is 44.6 Å². The third kappa shape index (κ3) is 3.71. The lowest BCUT2D eigenvalue weighted by Crippen LogP contribution is -2.55. The van der Waals surface area contributed by atoms with Gasteiger partial charge in [0.05, 0.1) is 16.3 Å². The molecule has 0 aliphatic carbocycles. The molecule has 1 amide bonds. The van der Waals surface area contributed by atoms with Crippen LogP contribution in [0.25, 0.3) is 15.9 Å². The Bertz CT molecular complexity index is 1320. The second kappa shape index (κ2) is 7.83. The van der Waals surface area contributed by atoms with E-state index in [0.29, 0.717) is 28.3 Å². The number of imidazole rings is 1. The number of hydrogen-bond donors (Lipinski definition) is 1. The molecule has 166 valence electrons. The number of pyridine rings is 2. The maximum atomic E-state index is 14.3. The van der Waals surface area contributed by atoms with Crippen LogP contribution in [0.5, 0.6) is 0 Å². The van der Waals surface area contributed by atoms with Crippen molar-refractivity contribution in [3.63, 3.8) is 0 Å². The average molecular weight is 453 g/mol. The number of nitrogens with zero attached hydrogens (tertiary/aromatic N) is 5. The monoisotopic (exact) mass is 452 g/mol. The number of piperazine rings is 1. The normalized spacial score (nSPS) is 19.7. The van der Waals surface area contributed by atoms with Gasteiger partial charge in [0, 0.05) is 49.0 Å². The summed E-state index contributed by atoms with van der Waals surface area (Å²) in [6.45, 7) is 8.08. The van der Waals surface area contributed by atoms with Gasteiger partial charge in [-0.05, 0) is 46.0 Å². The summed E-state index contributed by atoms with van der Waals surface area (Å²) in [7, 11) is 2.16. The Balaban J connectivity index is 1.38. The number of amides is 1. The molecular formula is C23H25FN6OS. The number of rotatable bonds is 3. The molecule has 5 rings (SSSR count). The predicted molar refractivity (Wildman–Crippen MR) is 126 cm³/mol. The standard InChI is InChI=1S/C23H25FN6OS/c1-13-9-30-12-17(8-18(24)21(30)25-13)26-22(31)19-7-16-5-6-20(27-23(16)32-19)29-10-14(2)28(4)15(3)11-29/h5-9,12,14-15H,10-11H2,1-4H3,(H,26,31)/t14-,15+. The van der Waals surface area contributed by atoms with Crippen molar-refractivity contribution in [1.29, 1.82) is 0 Å². The maximum Gasteiger partial charge on any atom is 0.265 e. The summed E-state index contributed by atoms with van der Waals surface area (Å²) >= 11 is 1.34. The second-order valence-corrected chi connectivity index (χ2v) is 9.62. The van der Waals surface area contributed by atoms with Crippen LogP contribution in [0.4, 0.5) is 15.9 Å². The van der Waals surface area contributed by atoms with Gasteiger partial charge in [0.1, 0.15) is 10.6 Å². The minimum atomic E-state index is -0.478. The number of anilines is 2. The van der Waals surface area contributed by atoms with Crippen molar-refractivity contribution in [2.24, 2.45) is 0 Å². The van der Waals surface area contributed by atoms with E-state index in [1.807, 2.05) is 18.2 Å². The predicted octanol–water partition coefficient (Wildman–Crippen LogP) is 4.17. The molecule has 0 saturated carbocycles. The largest absolute Gasteiger partial charge is 0.353 e. The molecule has 9 heteroatoms. The van der Waals surface area contributed by atoms with Crippen LogP contribution in [0.15, 0.2) is 36.7 Å². The van der Waals surface area contributed by atoms with E-state index in [-0.39, 0.29) is 11.6 Å². The average Bonchev–Trinajstić information content (AvgIpc) is 3.34. The first-order valence-corrected chi connectivity index (χ1v) is 11.4. The van der Waals surface area contributed by atoms with Crippen LogP contribution < -0.4 is 10.2 Å². The second-order valence-electron chi connectivity index (χ2n) is 8.59. The number of nitrogens with one attached hydrogen (secondary N) is 1. The molecule has 32 heavy (non-hydrogen) atoms. The van der Waals surface area contributed by atoms with Crippen LogP contribution in [-0.2, 0) is 0 Å². The number of halogens is 1. The van der Waals surface area contributed by atoms with Gasteiger partial charge < -0.3 is 14.6 Å². The van der Waals surface area contributed by atoms with E-state index in [1.165, 1.54) is 17.4 Å². The molecule has 2 atom stereocenters. The van der Waals surface area contributed by atoms with Crippen molar-refractivity contribution in [1.82, 2.24) is 19.3 Å². The Morgan fingerprint density at radius 2 is 1.91 bits per heavy atom. The Kier molecular flexibility index (Phi) is 5.10. The molecule has 0 bridgehead atoms. The Labute approximate surface area is 189 Å². The summed E-state index contributed by atoms with van der Waals surface area (Å²) in [5.41, 5.74) is 1.33. The fourth-order valence-corrected chi connectivity index (χ4v) is 5.15. The summed E-state index contributed by atoms with van der Waals surface area (Å²) < 4.78 is 15.9. The van der Waals surface area contributed by atoms with Crippen LogP contribution in [-0.4, -0.2) is 57.4 Å². The van der Waals surface area contributed by atoms with E-state index >= 15 is 0 Å². The maximum absolute atomic E-state index is 14.3. The first-order chi connectivity index (χ1) is 15.3. The molecule has 0 spiro atoms. The highest BCUT2D eigenvalue weighted by Gasteiger charge is 2.27. The Hall–Kier alpha value is -3.04. The summed E-state index contributed by atoms with van der Waals surface area (Å²) in [6, 6.07) is 8.04. The van der Waals surface area contributed by atoms with Gasteiger partial charge >= 0.3 is 0 Å². The lowest BCUT2D eigenvalue weighted by molar-refractivity contribution is 0.103. The van der Waals surface area contributed by atoms with Crippen LogP contribution in [0, 0.1) is 12.7 Å². The van der Waals surface area contributed by atoms with E-state index in [0.717, 1.165) is 29.1 Å². The summed E-state index contributed by atoms with van der Waals surface area (Å²) in [4.78, 5) is 27.9. The number of thiophene rings is 1. The van der Waals surface area contributed by atoms with E-state index in [4.69, 9.17) is 4.98 Å². The van der Waals surface area contributed by atoms with Crippen molar-refractivity contribution in [2.75, 3.05) is 30.4 Å². The number of aromatic nitrogens is 3. The number of likely N-dealkylation sites (N-methyl/N-ethyl adjacent to an activating group) is 1. The molecule has 0 aromatic carbocycles. The molecule has 1 fully saturated rings. The fourth-order valence-electron chi connectivity index (χ4n) is 4.23. The highest BCUT2D eigenvalue weighted by Crippen LogP contribution is 2.29. The van der Waals surface area contributed by atoms with Gasteiger partial charge in [-0.2, -0.15) is 0 Å². The number of carbonyl (C=O) groups is 1. The first kappa shape index (κ1) is 20.8. The van der Waals surface area contributed by atoms with Crippen molar-refractivity contribution in [3.05, 3.63) is 53.0 Å². The zero-order valence-corrected chi connectivity index (χ0v) is 19.3. The smallest absolute Gasteiger partial charge is 0.265 e. The fraction of sp³-hybridized carbons (Fsp3) is 0.348. The number of hydrogen-bond acceptors (Lipinski definition) is 6. The van der Waals surface area contributed by atoms with E-state index in [9.17, 15) is 9.18 Å². The molecule has 0 unspecified atom stereocenters. The number of fused-ring (bicyclic) bond motifs is 2. The van der Waals surface area contributed by atoms with Crippen LogP contribution in [0.1, 0.15) is 29.2 Å².